The first kappa shape index (κ1) is 8.25. The summed E-state index contributed by atoms with van der Waals surface area (Å²) >= 11 is 0. The van der Waals surface area contributed by atoms with Crippen molar-refractivity contribution < 1.29 is 5.11 Å². The number of rotatable bonds is 2. The first-order valence-corrected chi connectivity index (χ1v) is 5.68. The summed E-state index contributed by atoms with van der Waals surface area (Å²) in [4.78, 5) is 2.51. The smallest absolute Gasteiger partial charge is 0.0639 e. The van der Waals surface area contributed by atoms with Gasteiger partial charge in [-0.05, 0) is 43.9 Å². The Hall–Kier alpha value is -0.0800. The molecule has 0 aromatic heterocycles. The van der Waals surface area contributed by atoms with Gasteiger partial charge in [0.25, 0.3) is 0 Å². The van der Waals surface area contributed by atoms with Crippen LogP contribution in [0.4, 0.5) is 0 Å². The summed E-state index contributed by atoms with van der Waals surface area (Å²) < 4.78 is 0. The largest absolute Gasteiger partial charge is 0.392 e. The molecule has 5 atom stereocenters. The van der Waals surface area contributed by atoms with Crippen molar-refractivity contribution in [3.05, 3.63) is 0 Å². The first-order chi connectivity index (χ1) is 6.25. The van der Waals surface area contributed by atoms with Crippen LogP contribution in [0, 0.1) is 17.8 Å². The lowest BCUT2D eigenvalue weighted by Crippen LogP contribution is -2.60. The number of β-amino-alcohol motifs (C(OH)–C–C–N with tert-alkyl or cyclic N) is 1. The van der Waals surface area contributed by atoms with Crippen LogP contribution in [0.3, 0.4) is 0 Å². The topological polar surface area (TPSA) is 23.5 Å². The molecular formula is C11H19NO. The molecule has 0 aromatic carbocycles. The Bertz CT molecular complexity index is 214. The molecular weight excluding hydrogens is 162 g/mol. The molecule has 13 heavy (non-hydrogen) atoms. The average Bonchev–Trinajstić information content (AvgIpc) is 2.54. The number of hydrogen-bond donors (Lipinski definition) is 1. The lowest BCUT2D eigenvalue weighted by molar-refractivity contribution is -0.0441. The van der Waals surface area contributed by atoms with Crippen LogP contribution in [0.2, 0.25) is 0 Å². The standard InChI is InChI=1S/C11H19NO/c1-7(13)5-12-6-10-8-2-3-9(4-8)11(10)12/h7-11,13H,2-6H2,1H3. The minimum Gasteiger partial charge on any atom is -0.392 e. The number of aliphatic hydroxyl groups excluding tert-OH is 1. The number of nitrogens with zero attached hydrogens (tertiary/aromatic N) is 1. The van der Waals surface area contributed by atoms with Gasteiger partial charge in [-0.1, -0.05) is 0 Å². The Morgan fingerprint density at radius 3 is 2.85 bits per heavy atom. The van der Waals surface area contributed by atoms with Crippen molar-refractivity contribution in [2.75, 3.05) is 13.1 Å². The van der Waals surface area contributed by atoms with Crippen LogP contribution in [0.25, 0.3) is 0 Å². The van der Waals surface area contributed by atoms with Crippen molar-refractivity contribution in [2.24, 2.45) is 17.8 Å². The molecule has 0 aromatic rings. The van der Waals surface area contributed by atoms with Crippen molar-refractivity contribution >= 4 is 0 Å². The molecule has 2 aliphatic carbocycles. The number of likely N-dealkylation sites (tertiary alicyclic amines) is 1. The van der Waals surface area contributed by atoms with Crippen molar-refractivity contribution in [1.29, 1.82) is 0 Å². The van der Waals surface area contributed by atoms with Crippen LogP contribution in [0.5, 0.6) is 0 Å². The highest BCUT2D eigenvalue weighted by Crippen LogP contribution is 2.55. The average molecular weight is 181 g/mol. The van der Waals surface area contributed by atoms with E-state index in [0.717, 1.165) is 30.3 Å². The van der Waals surface area contributed by atoms with Gasteiger partial charge < -0.3 is 5.11 Å². The monoisotopic (exact) mass is 181 g/mol. The molecule has 0 spiro atoms. The molecule has 2 bridgehead atoms. The fourth-order valence-corrected chi connectivity index (χ4v) is 4.00. The summed E-state index contributed by atoms with van der Waals surface area (Å²) in [5, 5.41) is 9.34. The van der Waals surface area contributed by atoms with Gasteiger partial charge in [0.15, 0.2) is 0 Å². The Balaban J connectivity index is 1.66. The van der Waals surface area contributed by atoms with E-state index >= 15 is 0 Å². The fraction of sp³-hybridized carbons (Fsp3) is 1.00. The highest BCUT2D eigenvalue weighted by molar-refractivity contribution is 5.08. The Kier molecular flexibility index (Phi) is 1.72. The van der Waals surface area contributed by atoms with Crippen LogP contribution in [0.15, 0.2) is 0 Å². The van der Waals surface area contributed by atoms with E-state index in [1.165, 1.54) is 25.8 Å². The zero-order valence-corrected chi connectivity index (χ0v) is 8.32. The predicted octanol–water partition coefficient (Wildman–Crippen LogP) is 1.10. The lowest BCUT2D eigenvalue weighted by Gasteiger charge is -2.51. The number of fused-ring (bicyclic) bond motifs is 5. The molecule has 0 radical (unpaired) electrons. The molecule has 2 saturated carbocycles. The van der Waals surface area contributed by atoms with Crippen LogP contribution in [0.1, 0.15) is 26.2 Å². The summed E-state index contributed by atoms with van der Waals surface area (Å²) in [7, 11) is 0. The Morgan fingerprint density at radius 1 is 1.38 bits per heavy atom. The van der Waals surface area contributed by atoms with Crippen molar-refractivity contribution in [3.8, 4) is 0 Å². The van der Waals surface area contributed by atoms with Gasteiger partial charge in [-0.25, -0.2) is 0 Å². The minimum absolute atomic E-state index is 0.139. The maximum absolute atomic E-state index is 9.34. The van der Waals surface area contributed by atoms with Gasteiger partial charge in [-0.15, -0.1) is 0 Å². The van der Waals surface area contributed by atoms with Gasteiger partial charge >= 0.3 is 0 Å². The Labute approximate surface area is 79.9 Å². The van der Waals surface area contributed by atoms with Gasteiger partial charge in [-0.3, -0.25) is 4.90 Å². The van der Waals surface area contributed by atoms with E-state index in [1.807, 2.05) is 6.92 Å². The van der Waals surface area contributed by atoms with Crippen molar-refractivity contribution in [1.82, 2.24) is 4.90 Å². The van der Waals surface area contributed by atoms with Gasteiger partial charge in [0.05, 0.1) is 6.10 Å². The molecule has 1 saturated heterocycles. The molecule has 1 N–H and O–H groups in total. The third-order valence-corrected chi connectivity index (χ3v) is 4.41. The number of hydrogen-bond acceptors (Lipinski definition) is 2. The van der Waals surface area contributed by atoms with Crippen LogP contribution >= 0.6 is 0 Å². The van der Waals surface area contributed by atoms with E-state index in [4.69, 9.17) is 0 Å². The van der Waals surface area contributed by atoms with E-state index in [1.54, 1.807) is 0 Å². The van der Waals surface area contributed by atoms with Gasteiger partial charge in [0, 0.05) is 19.1 Å². The molecule has 1 heterocycles. The van der Waals surface area contributed by atoms with Crippen LogP contribution in [-0.4, -0.2) is 35.2 Å². The van der Waals surface area contributed by atoms with E-state index < -0.39 is 0 Å². The second-order valence-corrected chi connectivity index (χ2v) is 5.29. The third-order valence-electron chi connectivity index (χ3n) is 4.41. The fourth-order valence-electron chi connectivity index (χ4n) is 4.00. The highest BCUT2D eigenvalue weighted by Gasteiger charge is 2.55. The summed E-state index contributed by atoms with van der Waals surface area (Å²) in [6, 6.07) is 0.869. The Morgan fingerprint density at radius 2 is 2.15 bits per heavy atom. The molecule has 3 fully saturated rings. The van der Waals surface area contributed by atoms with Crippen molar-refractivity contribution in [3.63, 3.8) is 0 Å². The number of aliphatic hydroxyl groups is 1. The van der Waals surface area contributed by atoms with Gasteiger partial charge in [0.2, 0.25) is 0 Å². The molecule has 74 valence electrons. The van der Waals surface area contributed by atoms with Crippen LogP contribution in [-0.2, 0) is 0 Å². The quantitative estimate of drug-likeness (QED) is 0.689. The molecule has 2 heteroatoms. The van der Waals surface area contributed by atoms with Crippen LogP contribution < -0.4 is 0 Å². The SMILES string of the molecule is CC(O)CN1CC2C3CCC(C3)C21. The molecule has 3 aliphatic rings. The van der Waals surface area contributed by atoms with Crippen molar-refractivity contribution in [2.45, 2.75) is 38.3 Å². The second-order valence-electron chi connectivity index (χ2n) is 5.29. The maximum Gasteiger partial charge on any atom is 0.0639 e. The third kappa shape index (κ3) is 1.08. The van der Waals surface area contributed by atoms with E-state index in [0.29, 0.717) is 0 Å². The maximum atomic E-state index is 9.34. The first-order valence-electron chi connectivity index (χ1n) is 5.68. The highest BCUT2D eigenvalue weighted by atomic mass is 16.3. The molecule has 2 nitrogen and oxygen atoms in total. The summed E-state index contributed by atoms with van der Waals surface area (Å²) in [6.07, 6.45) is 4.31. The van der Waals surface area contributed by atoms with E-state index in [9.17, 15) is 5.11 Å². The van der Waals surface area contributed by atoms with E-state index in [-0.39, 0.29) is 6.10 Å². The van der Waals surface area contributed by atoms with Gasteiger partial charge in [0.1, 0.15) is 0 Å². The lowest BCUT2D eigenvalue weighted by atomic mass is 9.77. The molecule has 5 unspecified atom stereocenters. The summed E-state index contributed by atoms with van der Waals surface area (Å²) in [5.74, 6) is 3.06. The normalized spacial score (nSPS) is 50.3. The molecule has 3 rings (SSSR count). The summed E-state index contributed by atoms with van der Waals surface area (Å²) in [5.41, 5.74) is 0. The zero-order chi connectivity index (χ0) is 9.00. The predicted molar refractivity (Wildman–Crippen MR) is 51.4 cm³/mol. The molecule has 0 amide bonds. The minimum atomic E-state index is -0.139. The van der Waals surface area contributed by atoms with E-state index in [2.05, 4.69) is 4.90 Å². The van der Waals surface area contributed by atoms with Gasteiger partial charge in [-0.2, -0.15) is 0 Å². The summed E-state index contributed by atoms with van der Waals surface area (Å²) in [6.45, 7) is 4.08. The molecule has 1 aliphatic heterocycles. The second kappa shape index (κ2) is 2.71. The zero-order valence-electron chi connectivity index (χ0n) is 8.32.